The largest absolute Gasteiger partial charge is 0.792 e. The van der Waals surface area contributed by atoms with Gasteiger partial charge in [0.2, 0.25) is 5.70 Å². The van der Waals surface area contributed by atoms with Crippen molar-refractivity contribution in [2.75, 3.05) is 0 Å². The lowest BCUT2D eigenvalue weighted by molar-refractivity contribution is -0.315. The van der Waals surface area contributed by atoms with E-state index in [4.69, 9.17) is 0 Å². The van der Waals surface area contributed by atoms with Crippen LogP contribution in [-0.4, -0.2) is 22.9 Å². The van der Waals surface area contributed by atoms with E-state index in [1.54, 1.807) is 4.49 Å². The minimum Gasteiger partial charge on any atom is -0.354 e. The van der Waals surface area contributed by atoms with Crippen LogP contribution in [-0.2, 0) is 0 Å². The highest BCUT2D eigenvalue weighted by molar-refractivity contribution is 6.26. The first-order valence-corrected chi connectivity index (χ1v) is 15.6. The molecular weight excluding hydrogens is 562 g/mol. The molecule has 1 aliphatic heterocycles. The third kappa shape index (κ3) is 5.37. The zero-order chi connectivity index (χ0) is 31.6. The zero-order valence-corrected chi connectivity index (χ0v) is 26.3. The second kappa shape index (κ2) is 12.5. The predicted octanol–water partition coefficient (Wildman–Crippen LogP) is 10.1. The summed E-state index contributed by atoms with van der Waals surface area (Å²) in [4.78, 5) is 3.86. The maximum absolute atomic E-state index is 15.6. The lowest BCUT2D eigenvalue weighted by Gasteiger charge is -2.19. The van der Waals surface area contributed by atoms with Crippen LogP contribution in [0.3, 0.4) is 0 Å². The first kappa shape index (κ1) is 29.2. The molecular formula is C42H34BFN2+. The standard InChI is InChI=1S/C42H34BFN2/c1-28-24-29(2)39(30(3)25-28)40(41-35(31-16-8-4-9-17-31)26-37(45-41)33-20-12-6-13-21-33)42-36(32-18-10-5-11-19-32)27-38(46(42)43-44)34-22-14-7-15-23-34/h4-27,45H,1-3H3/q+1. The summed E-state index contributed by atoms with van der Waals surface area (Å²) in [6.07, 6.45) is 2.12. The van der Waals surface area contributed by atoms with Gasteiger partial charge in [-0.05, 0) is 72.4 Å². The predicted molar refractivity (Wildman–Crippen MR) is 190 cm³/mol. The number of aromatic amines is 1. The summed E-state index contributed by atoms with van der Waals surface area (Å²) in [5.41, 5.74) is 15.2. The molecule has 1 aromatic heterocycles. The Hall–Kier alpha value is -5.48. The average Bonchev–Trinajstić information content (AvgIpc) is 3.71. The number of hydrogen-bond donors (Lipinski definition) is 1. The molecule has 6 aromatic rings. The van der Waals surface area contributed by atoms with Crippen LogP contribution in [0.15, 0.2) is 151 Å². The van der Waals surface area contributed by atoms with Crippen molar-refractivity contribution in [1.82, 2.24) is 4.98 Å². The molecule has 221 valence electrons. The van der Waals surface area contributed by atoms with E-state index in [9.17, 15) is 0 Å². The van der Waals surface area contributed by atoms with E-state index in [2.05, 4.69) is 111 Å². The molecule has 0 atom stereocenters. The Bertz CT molecular complexity index is 2100. The summed E-state index contributed by atoms with van der Waals surface area (Å²) in [6.45, 7) is 6.44. The lowest BCUT2D eigenvalue weighted by Crippen LogP contribution is -2.20. The topological polar surface area (TPSA) is 18.8 Å². The molecule has 2 heterocycles. The van der Waals surface area contributed by atoms with Crippen LogP contribution in [0, 0.1) is 20.8 Å². The van der Waals surface area contributed by atoms with Crippen LogP contribution in [0.25, 0.3) is 33.5 Å². The summed E-state index contributed by atoms with van der Waals surface area (Å²) in [5.74, 6) is 0. The molecule has 4 heteroatoms. The van der Waals surface area contributed by atoms with Gasteiger partial charge in [0.05, 0.1) is 16.8 Å². The number of aryl methyl sites for hydroxylation is 3. The Balaban J connectivity index is 1.66. The van der Waals surface area contributed by atoms with Crippen molar-refractivity contribution in [1.29, 1.82) is 0 Å². The summed E-state index contributed by atoms with van der Waals surface area (Å²) in [6, 6.07) is 47.8. The summed E-state index contributed by atoms with van der Waals surface area (Å²) in [5, 5.41) is 0. The first-order chi connectivity index (χ1) is 22.5. The van der Waals surface area contributed by atoms with Crippen molar-refractivity contribution in [2.45, 2.75) is 20.8 Å². The highest BCUT2D eigenvalue weighted by atomic mass is 19.1. The molecule has 0 unspecified atom stereocenters. The molecule has 1 N–H and O–H groups in total. The molecule has 7 rings (SSSR count). The number of nitrogens with zero attached hydrogens (tertiary/aromatic N) is 1. The lowest BCUT2D eigenvalue weighted by atomic mass is 9.85. The molecule has 0 amide bonds. The van der Waals surface area contributed by atoms with Crippen LogP contribution in [0.1, 0.15) is 39.1 Å². The average molecular weight is 597 g/mol. The normalized spacial score (nSPS) is 14.0. The van der Waals surface area contributed by atoms with E-state index in [0.29, 0.717) is 7.69 Å². The molecule has 1 aliphatic rings. The van der Waals surface area contributed by atoms with Gasteiger partial charge >= 0.3 is 7.69 Å². The molecule has 0 aliphatic carbocycles. The Morgan fingerprint density at radius 2 is 1.11 bits per heavy atom. The van der Waals surface area contributed by atoms with Crippen molar-refractivity contribution < 1.29 is 8.80 Å². The number of hydrogen-bond acceptors (Lipinski definition) is 0. The van der Waals surface area contributed by atoms with Crippen LogP contribution >= 0.6 is 0 Å². The van der Waals surface area contributed by atoms with Crippen molar-refractivity contribution in [2.24, 2.45) is 0 Å². The number of allylic oxidation sites excluding steroid dienone is 2. The van der Waals surface area contributed by atoms with Gasteiger partial charge in [-0.15, -0.1) is 0 Å². The number of halogens is 1. The monoisotopic (exact) mass is 596 g/mol. The fourth-order valence-electron chi connectivity index (χ4n) is 6.76. The Morgan fingerprint density at radius 3 is 1.65 bits per heavy atom. The van der Waals surface area contributed by atoms with Gasteiger partial charge in [0, 0.05) is 22.9 Å². The second-order valence-corrected chi connectivity index (χ2v) is 11.8. The Labute approximate surface area is 271 Å². The number of rotatable bonds is 7. The van der Waals surface area contributed by atoms with Crippen molar-refractivity contribution >= 4 is 24.5 Å². The van der Waals surface area contributed by atoms with Crippen molar-refractivity contribution in [3.05, 3.63) is 190 Å². The molecule has 2 nitrogen and oxygen atoms in total. The molecule has 1 radical (unpaired) electrons. The molecule has 0 bridgehead atoms. The molecule has 0 saturated heterocycles. The van der Waals surface area contributed by atoms with Gasteiger partial charge < -0.3 is 4.98 Å². The molecule has 0 fully saturated rings. The minimum atomic E-state index is 0.714. The van der Waals surface area contributed by atoms with Crippen LogP contribution < -0.4 is 0 Å². The molecule has 46 heavy (non-hydrogen) atoms. The number of nitrogens with one attached hydrogen (secondary N) is 1. The SMILES string of the molecule is Cc1cc(C)c(/C(=C2\C(c3ccccc3)=CC(c3ccccc3)=[N+]2[B]F)c2[nH]c(-c3ccccc3)cc2-c2ccccc2)c(C)c1. The summed E-state index contributed by atoms with van der Waals surface area (Å²) >= 11 is 0. The van der Waals surface area contributed by atoms with Crippen molar-refractivity contribution in [3.8, 4) is 22.4 Å². The van der Waals surface area contributed by atoms with Gasteiger partial charge in [-0.2, -0.15) is 0 Å². The fraction of sp³-hybridized carbons (Fsp3) is 0.0714. The van der Waals surface area contributed by atoms with Crippen LogP contribution in [0.2, 0.25) is 0 Å². The number of benzene rings is 5. The van der Waals surface area contributed by atoms with E-state index >= 15 is 4.32 Å². The highest BCUT2D eigenvalue weighted by Crippen LogP contribution is 2.44. The van der Waals surface area contributed by atoms with Gasteiger partial charge in [-0.3, -0.25) is 0 Å². The molecule has 0 spiro atoms. The third-order valence-electron chi connectivity index (χ3n) is 8.69. The van der Waals surface area contributed by atoms with Crippen LogP contribution in [0.5, 0.6) is 0 Å². The van der Waals surface area contributed by atoms with E-state index < -0.39 is 0 Å². The molecule has 5 aromatic carbocycles. The van der Waals surface area contributed by atoms with Gasteiger partial charge in [0.25, 0.3) is 0 Å². The summed E-state index contributed by atoms with van der Waals surface area (Å²) in [7, 11) is 0.714. The van der Waals surface area contributed by atoms with E-state index in [1.165, 1.54) is 5.56 Å². The van der Waals surface area contributed by atoms with Gasteiger partial charge in [-0.1, -0.05) is 127 Å². The smallest absolute Gasteiger partial charge is 0.354 e. The second-order valence-electron chi connectivity index (χ2n) is 11.8. The quantitative estimate of drug-likeness (QED) is 0.177. The fourth-order valence-corrected chi connectivity index (χ4v) is 6.76. The van der Waals surface area contributed by atoms with Gasteiger partial charge in [0.15, 0.2) is 5.71 Å². The minimum absolute atomic E-state index is 0.714. The molecule has 0 saturated carbocycles. The zero-order valence-electron chi connectivity index (χ0n) is 26.3. The van der Waals surface area contributed by atoms with Crippen molar-refractivity contribution in [3.63, 3.8) is 0 Å². The van der Waals surface area contributed by atoms with Crippen LogP contribution in [0.4, 0.5) is 4.32 Å². The van der Waals surface area contributed by atoms with Gasteiger partial charge in [-0.25, -0.2) is 8.80 Å². The maximum atomic E-state index is 15.6. The van der Waals surface area contributed by atoms with E-state index in [1.807, 2.05) is 60.7 Å². The van der Waals surface area contributed by atoms with E-state index in [0.717, 1.165) is 78.5 Å². The third-order valence-corrected chi connectivity index (χ3v) is 8.69. The summed E-state index contributed by atoms with van der Waals surface area (Å²) < 4.78 is 17.4. The first-order valence-electron chi connectivity index (χ1n) is 15.6. The highest BCUT2D eigenvalue weighted by Gasteiger charge is 2.39. The maximum Gasteiger partial charge on any atom is 0.792 e. The number of H-pyrrole nitrogens is 1. The van der Waals surface area contributed by atoms with Gasteiger partial charge in [0.1, 0.15) is 0 Å². The number of aromatic nitrogens is 1. The van der Waals surface area contributed by atoms with E-state index in [-0.39, 0.29) is 0 Å². The Morgan fingerprint density at radius 1 is 0.609 bits per heavy atom. The Kier molecular flexibility index (Phi) is 7.94.